The van der Waals surface area contributed by atoms with Crippen LogP contribution < -0.4 is 10.1 Å². The summed E-state index contributed by atoms with van der Waals surface area (Å²) in [7, 11) is 0. The van der Waals surface area contributed by atoms with Crippen LogP contribution in [-0.4, -0.2) is 51.6 Å². The van der Waals surface area contributed by atoms with Gasteiger partial charge in [-0.2, -0.15) is 0 Å². The summed E-state index contributed by atoms with van der Waals surface area (Å²) in [5.41, 5.74) is 5.10. The number of rotatable bonds is 7. The highest BCUT2D eigenvalue weighted by Gasteiger charge is 2.39. The number of hydrogen-bond donors (Lipinski definition) is 1. The summed E-state index contributed by atoms with van der Waals surface area (Å²) < 4.78 is 5.86. The van der Waals surface area contributed by atoms with Gasteiger partial charge in [0.25, 0.3) is 5.91 Å². The van der Waals surface area contributed by atoms with Crippen molar-refractivity contribution in [3.05, 3.63) is 94.8 Å². The number of aromatic nitrogens is 1. The van der Waals surface area contributed by atoms with Crippen LogP contribution in [0.25, 0.3) is 0 Å². The van der Waals surface area contributed by atoms with Gasteiger partial charge in [-0.05, 0) is 85.3 Å². The molecule has 200 valence electrons. The monoisotopic (exact) mass is 524 g/mol. The van der Waals surface area contributed by atoms with Crippen molar-refractivity contribution in [2.24, 2.45) is 0 Å². The number of likely N-dealkylation sites (tertiary alicyclic amines) is 1. The molecule has 0 aliphatic carbocycles. The summed E-state index contributed by atoms with van der Waals surface area (Å²) in [6, 6.07) is 19.7. The minimum absolute atomic E-state index is 0.117. The van der Waals surface area contributed by atoms with Gasteiger partial charge in [0.15, 0.2) is 0 Å². The van der Waals surface area contributed by atoms with Crippen LogP contribution in [0.5, 0.6) is 5.75 Å². The highest BCUT2D eigenvalue weighted by Crippen LogP contribution is 2.34. The van der Waals surface area contributed by atoms with Crippen LogP contribution in [0.15, 0.2) is 66.9 Å². The summed E-state index contributed by atoms with van der Waals surface area (Å²) in [6.07, 6.45) is 4.55. The first-order chi connectivity index (χ1) is 19.0. The lowest BCUT2D eigenvalue weighted by Crippen LogP contribution is -2.52. The Bertz CT molecular complexity index is 1370. The minimum atomic E-state index is -0.573. The second-order valence-electron chi connectivity index (χ2n) is 10.6. The lowest BCUT2D eigenvalue weighted by molar-refractivity contribution is -0.136. The van der Waals surface area contributed by atoms with Crippen molar-refractivity contribution in [3.8, 4) is 5.75 Å². The maximum atomic E-state index is 13.0. The average Bonchev–Trinajstić information content (AvgIpc) is 3.29. The lowest BCUT2D eigenvalue weighted by Gasteiger charge is -2.32. The number of ether oxygens (including phenoxy) is 1. The van der Waals surface area contributed by atoms with Gasteiger partial charge in [-0.3, -0.25) is 29.6 Å². The summed E-state index contributed by atoms with van der Waals surface area (Å²) in [5.74, 6) is 0.542. The van der Waals surface area contributed by atoms with E-state index < -0.39 is 6.04 Å². The molecule has 0 spiro atoms. The van der Waals surface area contributed by atoms with Gasteiger partial charge in [0.05, 0.1) is 5.69 Å². The Balaban J connectivity index is 1.01. The van der Waals surface area contributed by atoms with Gasteiger partial charge in [0.2, 0.25) is 11.8 Å². The fourth-order valence-electron chi connectivity index (χ4n) is 5.86. The van der Waals surface area contributed by atoms with Crippen molar-refractivity contribution in [2.45, 2.75) is 57.3 Å². The Morgan fingerprint density at radius 2 is 1.77 bits per heavy atom. The molecule has 8 heteroatoms. The van der Waals surface area contributed by atoms with E-state index in [1.165, 1.54) is 11.1 Å². The second-order valence-corrected chi connectivity index (χ2v) is 10.6. The van der Waals surface area contributed by atoms with E-state index in [4.69, 9.17) is 4.74 Å². The van der Waals surface area contributed by atoms with Gasteiger partial charge in [-0.15, -0.1) is 0 Å². The maximum Gasteiger partial charge on any atom is 0.255 e. The zero-order chi connectivity index (χ0) is 26.8. The van der Waals surface area contributed by atoms with Crippen molar-refractivity contribution >= 4 is 17.7 Å². The molecule has 0 radical (unpaired) electrons. The second kappa shape index (κ2) is 11.0. The van der Waals surface area contributed by atoms with E-state index >= 15 is 0 Å². The first kappa shape index (κ1) is 25.2. The zero-order valence-electron chi connectivity index (χ0n) is 21.8. The van der Waals surface area contributed by atoms with Crippen LogP contribution in [0.2, 0.25) is 0 Å². The molecule has 2 fully saturated rings. The summed E-state index contributed by atoms with van der Waals surface area (Å²) in [5, 5.41) is 2.37. The largest absolute Gasteiger partial charge is 0.487 e. The molecule has 4 heterocycles. The molecule has 1 unspecified atom stereocenters. The van der Waals surface area contributed by atoms with Crippen molar-refractivity contribution in [1.29, 1.82) is 0 Å². The van der Waals surface area contributed by atoms with E-state index in [9.17, 15) is 14.4 Å². The molecule has 2 saturated heterocycles. The van der Waals surface area contributed by atoms with Crippen LogP contribution in [0.1, 0.15) is 64.3 Å². The van der Waals surface area contributed by atoms with E-state index in [1.807, 2.05) is 36.4 Å². The number of benzene rings is 2. The van der Waals surface area contributed by atoms with Crippen LogP contribution in [0.4, 0.5) is 0 Å². The third kappa shape index (κ3) is 5.56. The first-order valence-corrected chi connectivity index (χ1v) is 13.6. The van der Waals surface area contributed by atoms with Gasteiger partial charge in [0.1, 0.15) is 18.4 Å². The number of carbonyl (C=O) groups excluding carboxylic acids is 3. The normalized spacial score (nSPS) is 20.2. The SMILES string of the molecule is O=C1CCC(N2Cc3cc(C4CCN(Cc5ccc(OCc6ccccn6)cc5)CC4)ccc3C2=O)C(=O)N1. The van der Waals surface area contributed by atoms with Gasteiger partial charge in [-0.1, -0.05) is 30.3 Å². The predicted molar refractivity (Wildman–Crippen MR) is 145 cm³/mol. The smallest absolute Gasteiger partial charge is 0.255 e. The fraction of sp³-hybridized carbons (Fsp3) is 0.355. The molecule has 6 rings (SSSR count). The number of imide groups is 1. The number of fused-ring (bicyclic) bond motifs is 1. The average molecular weight is 525 g/mol. The van der Waals surface area contributed by atoms with Crippen molar-refractivity contribution in [3.63, 3.8) is 0 Å². The van der Waals surface area contributed by atoms with Gasteiger partial charge in [-0.25, -0.2) is 0 Å². The molecule has 8 nitrogen and oxygen atoms in total. The molecule has 3 amide bonds. The van der Waals surface area contributed by atoms with Crippen LogP contribution >= 0.6 is 0 Å². The third-order valence-electron chi connectivity index (χ3n) is 8.05. The Kier molecular flexibility index (Phi) is 7.11. The van der Waals surface area contributed by atoms with E-state index in [0.29, 0.717) is 31.1 Å². The minimum Gasteiger partial charge on any atom is -0.487 e. The number of hydrogen-bond acceptors (Lipinski definition) is 6. The molecule has 1 aromatic heterocycles. The number of nitrogens with zero attached hydrogens (tertiary/aromatic N) is 3. The van der Waals surface area contributed by atoms with E-state index in [0.717, 1.165) is 49.5 Å². The number of piperidine rings is 2. The van der Waals surface area contributed by atoms with E-state index in [-0.39, 0.29) is 24.1 Å². The van der Waals surface area contributed by atoms with Crippen molar-refractivity contribution < 1.29 is 19.1 Å². The molecule has 3 aromatic rings. The molecule has 39 heavy (non-hydrogen) atoms. The molecule has 2 aromatic carbocycles. The summed E-state index contributed by atoms with van der Waals surface area (Å²) >= 11 is 0. The summed E-state index contributed by atoms with van der Waals surface area (Å²) in [6.45, 7) is 3.82. The Morgan fingerprint density at radius 1 is 0.949 bits per heavy atom. The molecular weight excluding hydrogens is 492 g/mol. The molecule has 0 saturated carbocycles. The number of pyridine rings is 1. The highest BCUT2D eigenvalue weighted by atomic mass is 16.5. The first-order valence-electron chi connectivity index (χ1n) is 13.6. The maximum absolute atomic E-state index is 13.0. The molecule has 1 N–H and O–H groups in total. The number of nitrogens with one attached hydrogen (secondary N) is 1. The molecule has 3 aliphatic rings. The quantitative estimate of drug-likeness (QED) is 0.473. The lowest BCUT2D eigenvalue weighted by atomic mass is 9.87. The van der Waals surface area contributed by atoms with Crippen LogP contribution in [-0.2, 0) is 29.3 Å². The zero-order valence-corrected chi connectivity index (χ0v) is 21.8. The standard InChI is InChI=1S/C31H32N4O4/c36-29-11-10-28(30(37)33-29)35-19-24-17-23(6-9-27(24)31(35)38)22-12-15-34(16-13-22)18-21-4-7-26(8-5-21)39-20-25-3-1-2-14-32-25/h1-9,14,17,22,28H,10-13,15-16,18-20H2,(H,33,36,37). The molecule has 1 atom stereocenters. The Hall–Kier alpha value is -4.04. The Morgan fingerprint density at radius 3 is 2.51 bits per heavy atom. The number of carbonyl (C=O) groups is 3. The van der Waals surface area contributed by atoms with Crippen molar-refractivity contribution in [2.75, 3.05) is 13.1 Å². The van der Waals surface area contributed by atoms with Crippen LogP contribution in [0.3, 0.4) is 0 Å². The molecule has 3 aliphatic heterocycles. The van der Waals surface area contributed by atoms with Crippen molar-refractivity contribution in [1.82, 2.24) is 20.1 Å². The topological polar surface area (TPSA) is 91.8 Å². The van der Waals surface area contributed by atoms with Gasteiger partial charge >= 0.3 is 0 Å². The van der Waals surface area contributed by atoms with Gasteiger partial charge < -0.3 is 9.64 Å². The van der Waals surface area contributed by atoms with Crippen LogP contribution in [0, 0.1) is 0 Å². The van der Waals surface area contributed by atoms with Gasteiger partial charge in [0, 0.05) is 31.3 Å². The number of amides is 3. The third-order valence-corrected chi connectivity index (χ3v) is 8.05. The predicted octanol–water partition coefficient (Wildman–Crippen LogP) is 3.80. The Labute approximate surface area is 228 Å². The molecule has 0 bridgehead atoms. The fourth-order valence-corrected chi connectivity index (χ4v) is 5.86. The summed E-state index contributed by atoms with van der Waals surface area (Å²) in [4.78, 5) is 45.2. The van der Waals surface area contributed by atoms with E-state index in [1.54, 1.807) is 11.1 Å². The molecular formula is C31H32N4O4. The highest BCUT2D eigenvalue weighted by molar-refractivity contribution is 6.05. The van der Waals surface area contributed by atoms with E-state index in [2.05, 4.69) is 39.5 Å².